The lowest BCUT2D eigenvalue weighted by Crippen LogP contribution is -2.47. The Morgan fingerprint density at radius 3 is 2.33 bits per heavy atom. The number of carbonyl (C=O) groups is 3. The fourth-order valence-electron chi connectivity index (χ4n) is 2.93. The topological polar surface area (TPSA) is 105 Å². The molecule has 7 nitrogen and oxygen atoms in total. The molecule has 0 spiro atoms. The number of nitrogens with one attached hydrogen (secondary N) is 1. The Bertz CT molecular complexity index is 964. The number of nitriles is 1. The molecule has 30 heavy (non-hydrogen) atoms. The van der Waals surface area contributed by atoms with Crippen LogP contribution in [0.4, 0.5) is 0 Å². The first-order chi connectivity index (χ1) is 14.4. The minimum absolute atomic E-state index is 0.139. The van der Waals surface area contributed by atoms with Crippen molar-refractivity contribution < 1.29 is 23.9 Å². The second kappa shape index (κ2) is 10.8. The molecule has 2 aromatic rings. The third-order valence-corrected chi connectivity index (χ3v) is 4.80. The van der Waals surface area contributed by atoms with Gasteiger partial charge in [0.2, 0.25) is 0 Å². The van der Waals surface area contributed by atoms with Gasteiger partial charge in [-0.05, 0) is 23.6 Å². The van der Waals surface area contributed by atoms with Gasteiger partial charge < -0.3 is 14.8 Å². The zero-order valence-corrected chi connectivity index (χ0v) is 17.2. The average Bonchev–Trinajstić information content (AvgIpc) is 2.79. The van der Waals surface area contributed by atoms with Gasteiger partial charge in [0, 0.05) is 5.56 Å². The summed E-state index contributed by atoms with van der Waals surface area (Å²) < 4.78 is 9.90. The first-order valence-electron chi connectivity index (χ1n) is 9.55. The van der Waals surface area contributed by atoms with Crippen LogP contribution in [-0.4, -0.2) is 37.6 Å². The molecule has 1 N–H and O–H groups in total. The molecule has 0 bridgehead atoms. The minimum Gasteiger partial charge on any atom is -0.467 e. The van der Waals surface area contributed by atoms with Crippen LogP contribution in [-0.2, 0) is 19.1 Å². The van der Waals surface area contributed by atoms with E-state index in [0.29, 0.717) is 23.1 Å². The maximum Gasteiger partial charge on any atom is 0.339 e. The molecule has 0 heterocycles. The molecule has 0 fully saturated rings. The molecular formula is C23H24N2O5. The van der Waals surface area contributed by atoms with Gasteiger partial charge in [0.25, 0.3) is 5.91 Å². The normalized spacial score (nSPS) is 12.2. The smallest absolute Gasteiger partial charge is 0.339 e. The highest BCUT2D eigenvalue weighted by Crippen LogP contribution is 2.27. The van der Waals surface area contributed by atoms with Crippen molar-refractivity contribution >= 4 is 17.8 Å². The molecule has 2 atom stereocenters. The molecule has 7 heteroatoms. The Morgan fingerprint density at radius 2 is 1.70 bits per heavy atom. The van der Waals surface area contributed by atoms with Crippen LogP contribution in [0.1, 0.15) is 36.2 Å². The Hall–Kier alpha value is -3.66. The Balaban J connectivity index is 2.13. The maximum absolute atomic E-state index is 12.6. The molecule has 0 saturated heterocycles. The highest BCUT2D eigenvalue weighted by molar-refractivity contribution is 5.99. The van der Waals surface area contributed by atoms with Gasteiger partial charge in [-0.3, -0.25) is 4.79 Å². The molecule has 156 valence electrons. The standard InChI is InChI=1S/C23H24N2O5/c1-4-15(2)21(23(28)29-3)25-20(26)14-30-22(27)19-12-8-7-11-18(19)17-10-6-5-9-16(17)13-24/h5-12,15,21H,4,14H2,1-3H3,(H,25,26)/t15-,21+/m0/s1. The van der Waals surface area contributed by atoms with E-state index in [0.717, 1.165) is 0 Å². The summed E-state index contributed by atoms with van der Waals surface area (Å²) in [6.45, 7) is 3.16. The van der Waals surface area contributed by atoms with Crippen molar-refractivity contribution in [2.24, 2.45) is 5.92 Å². The van der Waals surface area contributed by atoms with Gasteiger partial charge in [-0.1, -0.05) is 56.7 Å². The largest absolute Gasteiger partial charge is 0.467 e. The number of hydrogen-bond donors (Lipinski definition) is 1. The molecule has 0 aliphatic rings. The predicted octanol–water partition coefficient (Wildman–Crippen LogP) is 3.09. The van der Waals surface area contributed by atoms with E-state index in [9.17, 15) is 19.6 Å². The van der Waals surface area contributed by atoms with E-state index in [1.807, 2.05) is 13.8 Å². The Kier molecular flexibility index (Phi) is 8.12. The molecular weight excluding hydrogens is 384 g/mol. The number of nitrogens with zero attached hydrogens (tertiary/aromatic N) is 1. The van der Waals surface area contributed by atoms with Crippen LogP contribution >= 0.6 is 0 Å². The van der Waals surface area contributed by atoms with Crippen LogP contribution in [0.2, 0.25) is 0 Å². The number of methoxy groups -OCH3 is 1. The van der Waals surface area contributed by atoms with Crippen LogP contribution in [0.3, 0.4) is 0 Å². The molecule has 0 aliphatic heterocycles. The van der Waals surface area contributed by atoms with E-state index in [1.165, 1.54) is 7.11 Å². The fourth-order valence-corrected chi connectivity index (χ4v) is 2.93. The number of benzene rings is 2. The summed E-state index contributed by atoms with van der Waals surface area (Å²) in [5, 5.41) is 11.9. The number of carbonyl (C=O) groups excluding carboxylic acids is 3. The number of rotatable bonds is 8. The average molecular weight is 408 g/mol. The van der Waals surface area contributed by atoms with Gasteiger partial charge >= 0.3 is 11.9 Å². The third-order valence-electron chi connectivity index (χ3n) is 4.80. The number of amides is 1. The fraction of sp³-hybridized carbons (Fsp3) is 0.304. The lowest BCUT2D eigenvalue weighted by molar-refractivity contribution is -0.147. The Labute approximate surface area is 175 Å². The van der Waals surface area contributed by atoms with Crippen LogP contribution in [0.25, 0.3) is 11.1 Å². The van der Waals surface area contributed by atoms with Crippen molar-refractivity contribution in [1.29, 1.82) is 5.26 Å². The summed E-state index contributed by atoms with van der Waals surface area (Å²) in [6.07, 6.45) is 0.658. The summed E-state index contributed by atoms with van der Waals surface area (Å²) in [6, 6.07) is 14.9. The highest BCUT2D eigenvalue weighted by atomic mass is 16.5. The molecule has 0 saturated carbocycles. The van der Waals surface area contributed by atoms with Crippen molar-refractivity contribution in [2.75, 3.05) is 13.7 Å². The van der Waals surface area contributed by atoms with E-state index in [4.69, 9.17) is 9.47 Å². The lowest BCUT2D eigenvalue weighted by Gasteiger charge is -2.21. The Morgan fingerprint density at radius 1 is 1.07 bits per heavy atom. The minimum atomic E-state index is -0.819. The van der Waals surface area contributed by atoms with E-state index >= 15 is 0 Å². The van der Waals surface area contributed by atoms with E-state index in [1.54, 1.807) is 48.5 Å². The SMILES string of the molecule is CC[C@H](C)[C@@H](NC(=O)COC(=O)c1ccccc1-c1ccccc1C#N)C(=O)OC. The van der Waals surface area contributed by atoms with Gasteiger partial charge in [0.15, 0.2) is 6.61 Å². The molecule has 0 radical (unpaired) electrons. The van der Waals surface area contributed by atoms with Crippen molar-refractivity contribution in [2.45, 2.75) is 26.3 Å². The highest BCUT2D eigenvalue weighted by Gasteiger charge is 2.27. The predicted molar refractivity (Wildman–Crippen MR) is 110 cm³/mol. The molecule has 0 unspecified atom stereocenters. The van der Waals surface area contributed by atoms with E-state index in [2.05, 4.69) is 11.4 Å². The number of esters is 2. The lowest BCUT2D eigenvalue weighted by atomic mass is 9.96. The second-order valence-electron chi connectivity index (χ2n) is 6.73. The van der Waals surface area contributed by atoms with Crippen LogP contribution in [0.5, 0.6) is 0 Å². The molecule has 1 amide bonds. The van der Waals surface area contributed by atoms with Crippen molar-refractivity contribution in [3.05, 3.63) is 59.7 Å². The number of hydrogen-bond acceptors (Lipinski definition) is 6. The number of ether oxygens (including phenoxy) is 2. The second-order valence-corrected chi connectivity index (χ2v) is 6.73. The van der Waals surface area contributed by atoms with Gasteiger partial charge in [-0.15, -0.1) is 0 Å². The zero-order valence-electron chi connectivity index (χ0n) is 17.2. The van der Waals surface area contributed by atoms with Crippen molar-refractivity contribution in [1.82, 2.24) is 5.32 Å². The summed E-state index contributed by atoms with van der Waals surface area (Å²) >= 11 is 0. The van der Waals surface area contributed by atoms with Gasteiger partial charge in [0.05, 0.1) is 24.3 Å². The molecule has 2 aromatic carbocycles. The summed E-state index contributed by atoms with van der Waals surface area (Å²) in [5.41, 5.74) is 1.79. The van der Waals surface area contributed by atoms with Crippen LogP contribution < -0.4 is 5.32 Å². The van der Waals surface area contributed by atoms with Crippen LogP contribution in [0.15, 0.2) is 48.5 Å². The van der Waals surface area contributed by atoms with E-state index < -0.39 is 30.5 Å². The van der Waals surface area contributed by atoms with Gasteiger partial charge in [-0.25, -0.2) is 9.59 Å². The first-order valence-corrected chi connectivity index (χ1v) is 9.55. The zero-order chi connectivity index (χ0) is 22.1. The molecule has 2 rings (SSSR count). The monoisotopic (exact) mass is 408 g/mol. The summed E-state index contributed by atoms with van der Waals surface area (Å²) in [5.74, 6) is -2.00. The molecule has 0 aromatic heterocycles. The maximum atomic E-state index is 12.6. The third kappa shape index (κ3) is 5.45. The van der Waals surface area contributed by atoms with Crippen molar-refractivity contribution in [3.8, 4) is 17.2 Å². The van der Waals surface area contributed by atoms with Gasteiger partial charge in [0.1, 0.15) is 6.04 Å². The van der Waals surface area contributed by atoms with Gasteiger partial charge in [-0.2, -0.15) is 5.26 Å². The first kappa shape index (κ1) is 22.6. The summed E-state index contributed by atoms with van der Waals surface area (Å²) in [7, 11) is 1.25. The summed E-state index contributed by atoms with van der Waals surface area (Å²) in [4.78, 5) is 36.8. The van der Waals surface area contributed by atoms with Crippen LogP contribution in [0, 0.1) is 17.2 Å². The quantitative estimate of drug-likeness (QED) is 0.673. The van der Waals surface area contributed by atoms with Crippen molar-refractivity contribution in [3.63, 3.8) is 0 Å². The van der Waals surface area contributed by atoms with E-state index in [-0.39, 0.29) is 11.5 Å². The molecule has 0 aliphatic carbocycles.